The summed E-state index contributed by atoms with van der Waals surface area (Å²) in [6.07, 6.45) is 1.64. The second-order valence-electron chi connectivity index (χ2n) is 6.82. The zero-order chi connectivity index (χ0) is 21.5. The van der Waals surface area contributed by atoms with Crippen molar-refractivity contribution in [3.8, 4) is 6.07 Å². The molecule has 2 aromatic heterocycles. The van der Waals surface area contributed by atoms with Crippen LogP contribution in [-0.2, 0) is 6.54 Å². The zero-order valence-corrected chi connectivity index (χ0v) is 17.1. The minimum Gasteiger partial charge on any atom is -0.448 e. The maximum atomic E-state index is 11.7. The highest BCUT2D eigenvalue weighted by Crippen LogP contribution is 2.22. The smallest absolute Gasteiger partial charge is 0.321 e. The third-order valence-electron chi connectivity index (χ3n) is 4.79. The fourth-order valence-corrected chi connectivity index (χ4v) is 3.29. The van der Waals surface area contributed by atoms with E-state index in [0.29, 0.717) is 19.0 Å². The number of hydrogen-bond donors (Lipinski definition) is 3. The van der Waals surface area contributed by atoms with Crippen LogP contribution in [0.5, 0.6) is 0 Å². The van der Waals surface area contributed by atoms with Gasteiger partial charge in [-0.3, -0.25) is 15.0 Å². The van der Waals surface area contributed by atoms with E-state index in [9.17, 15) is 14.9 Å². The molecule has 0 atom stereocenters. The van der Waals surface area contributed by atoms with Gasteiger partial charge >= 0.3 is 6.03 Å². The second kappa shape index (κ2) is 9.76. The summed E-state index contributed by atoms with van der Waals surface area (Å²) >= 11 is 0. The van der Waals surface area contributed by atoms with Crippen molar-refractivity contribution in [3.05, 3.63) is 41.4 Å². The highest BCUT2D eigenvalue weighted by Gasteiger charge is 2.21. The second-order valence-corrected chi connectivity index (χ2v) is 6.82. The quantitative estimate of drug-likeness (QED) is 0.655. The number of pyridine rings is 1. The van der Waals surface area contributed by atoms with E-state index in [1.165, 1.54) is 7.05 Å². The molecule has 3 rings (SSSR count). The number of rotatable bonds is 6. The van der Waals surface area contributed by atoms with Gasteiger partial charge < -0.3 is 20.0 Å². The van der Waals surface area contributed by atoms with Gasteiger partial charge in [-0.2, -0.15) is 5.26 Å². The Morgan fingerprint density at radius 1 is 1.27 bits per heavy atom. The number of furan rings is 1. The van der Waals surface area contributed by atoms with Gasteiger partial charge in [0, 0.05) is 57.9 Å². The number of piperazine rings is 1. The van der Waals surface area contributed by atoms with Crippen LogP contribution in [0.15, 0.2) is 28.9 Å². The number of anilines is 2. The largest absolute Gasteiger partial charge is 0.448 e. The molecule has 10 heteroatoms. The minimum absolute atomic E-state index is 0.230. The Kier molecular flexibility index (Phi) is 6.87. The lowest BCUT2D eigenvalue weighted by molar-refractivity contribution is 0.0958. The molecule has 3 N–H and O–H groups in total. The molecule has 30 heavy (non-hydrogen) atoms. The highest BCUT2D eigenvalue weighted by atomic mass is 16.3. The van der Waals surface area contributed by atoms with E-state index in [0.717, 1.165) is 37.4 Å². The van der Waals surface area contributed by atoms with Crippen molar-refractivity contribution in [2.24, 2.45) is 0 Å². The van der Waals surface area contributed by atoms with E-state index in [1.807, 2.05) is 13.0 Å². The third kappa shape index (κ3) is 5.07. The van der Waals surface area contributed by atoms with Crippen LogP contribution in [0.3, 0.4) is 0 Å². The topological polar surface area (TPSA) is 127 Å². The van der Waals surface area contributed by atoms with Crippen LogP contribution in [-0.4, -0.2) is 61.6 Å². The predicted octanol–water partition coefficient (Wildman–Crippen LogP) is 1.37. The molecule has 158 valence electrons. The van der Waals surface area contributed by atoms with Crippen molar-refractivity contribution < 1.29 is 14.0 Å². The standard InChI is InChI=1S/C20H25N7O3/c1-3-23-20(29)25-18-10-14(13-30-18)12-26-6-8-27(9-7-26)17-5-4-15(19(28)22-2)24-16(17)11-21/h4-5,10,13H,3,6-9,12H2,1-2H3,(H,22,28)(H2,23,25,29). The summed E-state index contributed by atoms with van der Waals surface area (Å²) in [7, 11) is 1.53. The van der Waals surface area contributed by atoms with Gasteiger partial charge in [-0.1, -0.05) is 0 Å². The van der Waals surface area contributed by atoms with Crippen LogP contribution in [0.1, 0.15) is 28.7 Å². The van der Waals surface area contributed by atoms with E-state index >= 15 is 0 Å². The van der Waals surface area contributed by atoms with Crippen LogP contribution in [0.4, 0.5) is 16.4 Å². The molecule has 3 heterocycles. The summed E-state index contributed by atoms with van der Waals surface area (Å²) in [6.45, 7) is 6.15. The van der Waals surface area contributed by atoms with Crippen molar-refractivity contribution >= 4 is 23.5 Å². The van der Waals surface area contributed by atoms with Gasteiger partial charge in [0.25, 0.3) is 5.91 Å². The molecule has 1 fully saturated rings. The van der Waals surface area contributed by atoms with Crippen LogP contribution in [0.25, 0.3) is 0 Å². The molecule has 2 aromatic rings. The normalized spacial score (nSPS) is 14.1. The molecule has 1 saturated heterocycles. The number of carbonyl (C=O) groups is 2. The molecule has 1 aliphatic rings. The van der Waals surface area contributed by atoms with Gasteiger partial charge in [-0.25, -0.2) is 9.78 Å². The first kappa shape index (κ1) is 21.1. The lowest BCUT2D eigenvalue weighted by Crippen LogP contribution is -2.46. The van der Waals surface area contributed by atoms with Gasteiger partial charge in [-0.15, -0.1) is 0 Å². The molecule has 0 unspecified atom stereocenters. The Hall–Kier alpha value is -3.58. The molecule has 0 spiro atoms. The molecule has 1 aliphatic heterocycles. The Bertz CT molecular complexity index is 942. The Labute approximate surface area is 174 Å². The first-order valence-electron chi connectivity index (χ1n) is 9.76. The third-order valence-corrected chi connectivity index (χ3v) is 4.79. The molecule has 0 bridgehead atoms. The van der Waals surface area contributed by atoms with Gasteiger partial charge in [0.05, 0.1) is 12.0 Å². The average molecular weight is 411 g/mol. The fourth-order valence-electron chi connectivity index (χ4n) is 3.29. The number of nitrogens with zero attached hydrogens (tertiary/aromatic N) is 4. The summed E-state index contributed by atoms with van der Waals surface area (Å²) in [6, 6.07) is 7.03. The molecule has 0 aromatic carbocycles. The van der Waals surface area contributed by atoms with Gasteiger partial charge in [0.2, 0.25) is 5.88 Å². The number of urea groups is 1. The molecule has 0 aliphatic carbocycles. The minimum atomic E-state index is -0.316. The fraction of sp³-hybridized carbons (Fsp3) is 0.400. The van der Waals surface area contributed by atoms with Crippen LogP contribution in [0, 0.1) is 11.3 Å². The lowest BCUT2D eigenvalue weighted by atomic mass is 10.2. The van der Waals surface area contributed by atoms with Crippen molar-refractivity contribution in [1.82, 2.24) is 20.5 Å². The van der Waals surface area contributed by atoms with Gasteiger partial charge in [-0.05, 0) is 19.1 Å². The summed E-state index contributed by atoms with van der Waals surface area (Å²) in [5.74, 6) is 0.0968. The van der Waals surface area contributed by atoms with Gasteiger partial charge in [0.15, 0.2) is 5.69 Å². The monoisotopic (exact) mass is 411 g/mol. The maximum absolute atomic E-state index is 11.7. The number of nitriles is 1. The summed E-state index contributed by atoms with van der Waals surface area (Å²) < 4.78 is 5.40. The van der Waals surface area contributed by atoms with Crippen molar-refractivity contribution in [2.45, 2.75) is 13.5 Å². The molecular formula is C20H25N7O3. The lowest BCUT2D eigenvalue weighted by Gasteiger charge is -2.36. The molecule has 0 saturated carbocycles. The SMILES string of the molecule is CCNC(=O)Nc1cc(CN2CCN(c3ccc(C(=O)NC)nc3C#N)CC2)co1. The Morgan fingerprint density at radius 2 is 2.03 bits per heavy atom. The Balaban J connectivity index is 1.57. The number of aromatic nitrogens is 1. The Morgan fingerprint density at radius 3 is 2.70 bits per heavy atom. The van der Waals surface area contributed by atoms with Crippen molar-refractivity contribution in [1.29, 1.82) is 5.26 Å². The van der Waals surface area contributed by atoms with Gasteiger partial charge in [0.1, 0.15) is 11.8 Å². The van der Waals surface area contributed by atoms with E-state index in [4.69, 9.17) is 4.42 Å². The molecule has 3 amide bonds. The first-order chi connectivity index (χ1) is 14.5. The van der Waals surface area contributed by atoms with Crippen LogP contribution in [0.2, 0.25) is 0 Å². The van der Waals surface area contributed by atoms with E-state index in [2.05, 4.69) is 36.8 Å². The van der Waals surface area contributed by atoms with Crippen molar-refractivity contribution in [3.63, 3.8) is 0 Å². The first-order valence-corrected chi connectivity index (χ1v) is 9.76. The van der Waals surface area contributed by atoms with Crippen LogP contribution < -0.4 is 20.9 Å². The zero-order valence-electron chi connectivity index (χ0n) is 17.1. The average Bonchev–Trinajstić information content (AvgIpc) is 3.20. The highest BCUT2D eigenvalue weighted by molar-refractivity contribution is 5.92. The number of nitrogens with one attached hydrogen (secondary N) is 3. The number of carbonyl (C=O) groups excluding carboxylic acids is 2. The molecular weight excluding hydrogens is 386 g/mol. The molecule has 0 radical (unpaired) electrons. The summed E-state index contributed by atoms with van der Waals surface area (Å²) in [4.78, 5) is 31.9. The van der Waals surface area contributed by atoms with E-state index < -0.39 is 0 Å². The summed E-state index contributed by atoms with van der Waals surface area (Å²) in [5.41, 5.74) is 2.19. The molecule has 10 nitrogen and oxygen atoms in total. The van der Waals surface area contributed by atoms with Crippen LogP contribution >= 0.6 is 0 Å². The predicted molar refractivity (Wildman–Crippen MR) is 111 cm³/mol. The number of amides is 3. The van der Waals surface area contributed by atoms with Crippen molar-refractivity contribution in [2.75, 3.05) is 50.0 Å². The van der Waals surface area contributed by atoms with E-state index in [-0.39, 0.29) is 23.3 Å². The van der Waals surface area contributed by atoms with E-state index in [1.54, 1.807) is 18.4 Å². The number of hydrogen-bond acceptors (Lipinski definition) is 7. The maximum Gasteiger partial charge on any atom is 0.321 e. The summed E-state index contributed by atoms with van der Waals surface area (Å²) in [5, 5.41) is 17.3.